The van der Waals surface area contributed by atoms with Crippen molar-refractivity contribution < 1.29 is 34.1 Å². The second-order valence-electron chi connectivity index (χ2n) is 5.49. The van der Waals surface area contributed by atoms with Crippen LogP contribution in [0.1, 0.15) is 33.6 Å². The highest BCUT2D eigenvalue weighted by atomic mass is 32.2. The van der Waals surface area contributed by atoms with E-state index in [0.717, 1.165) is 13.2 Å². The number of carbonyl (C=O) groups excluding carboxylic acids is 2. The molecule has 0 aromatic carbocycles. The standard InChI is InChI=1S/C12H21N3O6S.C3H6O.C2H6/c1-6(10(18)15-8(5-22-3)12(20)21)14-11(19)7(13-2)4-9(16)17;1-2-4-3-1;1-2/h6-8,13H,4-5H2,1-3H3,(H,14,19)(H,15,18)(H,16,17)(H,20,21);1-3H2;1-2H3/t6?,7-,8+;;/m0../s1. The molecule has 0 aromatic rings. The summed E-state index contributed by atoms with van der Waals surface area (Å²) in [6.07, 6.45) is 2.55. The number of ether oxygens (including phenoxy) is 1. The van der Waals surface area contributed by atoms with Crippen LogP contribution in [0.15, 0.2) is 0 Å². The fourth-order valence-corrected chi connectivity index (χ4v) is 2.22. The van der Waals surface area contributed by atoms with Crippen molar-refractivity contribution in [1.82, 2.24) is 16.0 Å². The van der Waals surface area contributed by atoms with Crippen molar-refractivity contribution in [2.24, 2.45) is 0 Å². The Hall–Kier alpha value is -1.85. The molecule has 0 saturated carbocycles. The lowest BCUT2D eigenvalue weighted by atomic mass is 10.1. The van der Waals surface area contributed by atoms with Crippen LogP contribution in [0.2, 0.25) is 0 Å². The van der Waals surface area contributed by atoms with Crippen LogP contribution in [0.4, 0.5) is 0 Å². The molecular weight excluding hydrogens is 390 g/mol. The molecule has 3 atom stereocenters. The summed E-state index contributed by atoms with van der Waals surface area (Å²) in [5.74, 6) is -3.43. The third-order valence-corrected chi connectivity index (χ3v) is 3.99. The maximum Gasteiger partial charge on any atom is 0.327 e. The highest BCUT2D eigenvalue weighted by Gasteiger charge is 2.26. The van der Waals surface area contributed by atoms with E-state index >= 15 is 0 Å². The number of amides is 2. The fraction of sp³-hybridized carbons (Fsp3) is 0.765. The van der Waals surface area contributed by atoms with E-state index in [4.69, 9.17) is 14.9 Å². The van der Waals surface area contributed by atoms with Gasteiger partial charge in [0.2, 0.25) is 11.8 Å². The van der Waals surface area contributed by atoms with Crippen LogP contribution in [0.5, 0.6) is 0 Å². The van der Waals surface area contributed by atoms with Crippen LogP contribution >= 0.6 is 11.8 Å². The molecular formula is C17H33N3O7S. The molecule has 1 rings (SSSR count). The molecule has 1 saturated heterocycles. The highest BCUT2D eigenvalue weighted by molar-refractivity contribution is 7.98. The Morgan fingerprint density at radius 1 is 1.04 bits per heavy atom. The van der Waals surface area contributed by atoms with Crippen LogP contribution < -0.4 is 16.0 Å². The molecule has 0 bridgehead atoms. The number of aliphatic carboxylic acids is 2. The summed E-state index contributed by atoms with van der Waals surface area (Å²) in [4.78, 5) is 45.3. The third kappa shape index (κ3) is 13.3. The number of nitrogens with one attached hydrogen (secondary N) is 3. The largest absolute Gasteiger partial charge is 0.481 e. The van der Waals surface area contributed by atoms with Crippen LogP contribution in [0.3, 0.4) is 0 Å². The highest BCUT2D eigenvalue weighted by Crippen LogP contribution is 1.99. The third-order valence-electron chi connectivity index (χ3n) is 3.32. The molecule has 0 aromatic heterocycles. The van der Waals surface area contributed by atoms with Gasteiger partial charge in [0, 0.05) is 19.0 Å². The van der Waals surface area contributed by atoms with Crippen molar-refractivity contribution in [3.05, 3.63) is 0 Å². The van der Waals surface area contributed by atoms with E-state index in [2.05, 4.69) is 16.0 Å². The lowest BCUT2D eigenvalue weighted by Gasteiger charge is -2.20. The summed E-state index contributed by atoms with van der Waals surface area (Å²) in [7, 11) is 1.43. The van der Waals surface area contributed by atoms with Crippen molar-refractivity contribution >= 4 is 35.5 Å². The molecule has 10 nitrogen and oxygen atoms in total. The summed E-state index contributed by atoms with van der Waals surface area (Å²) in [5, 5.41) is 24.8. The van der Waals surface area contributed by atoms with E-state index in [0.29, 0.717) is 0 Å². The SMILES string of the molecule is C1COC1.CC.CN[C@@H](CC(=O)O)C(=O)NC(C)C(=O)N[C@H](CSC)C(=O)O. The normalized spacial score (nSPS) is 15.0. The molecule has 5 N–H and O–H groups in total. The van der Waals surface area contributed by atoms with Crippen LogP contribution in [0.25, 0.3) is 0 Å². The molecule has 0 radical (unpaired) electrons. The van der Waals surface area contributed by atoms with E-state index in [1.54, 1.807) is 6.26 Å². The van der Waals surface area contributed by atoms with Crippen molar-refractivity contribution in [3.8, 4) is 0 Å². The summed E-state index contributed by atoms with van der Waals surface area (Å²) in [5.41, 5.74) is 0. The second-order valence-corrected chi connectivity index (χ2v) is 6.40. The number of carboxylic acid groups (broad SMARTS) is 2. The maximum absolute atomic E-state index is 11.9. The van der Waals surface area contributed by atoms with Gasteiger partial charge in [-0.1, -0.05) is 13.8 Å². The molecule has 1 aliphatic heterocycles. The molecule has 1 aliphatic rings. The Balaban J connectivity index is 0. The number of hydrogen-bond acceptors (Lipinski definition) is 7. The number of likely N-dealkylation sites (N-methyl/N-ethyl adjacent to an activating group) is 1. The van der Waals surface area contributed by atoms with E-state index in [-0.39, 0.29) is 5.75 Å². The van der Waals surface area contributed by atoms with Crippen LogP contribution in [0, 0.1) is 0 Å². The first-order valence-electron chi connectivity index (χ1n) is 9.02. The quantitative estimate of drug-likeness (QED) is 0.324. The van der Waals surface area contributed by atoms with Crippen molar-refractivity contribution in [2.45, 2.75) is 51.7 Å². The van der Waals surface area contributed by atoms with Gasteiger partial charge in [-0.3, -0.25) is 14.4 Å². The molecule has 28 heavy (non-hydrogen) atoms. The van der Waals surface area contributed by atoms with E-state index in [1.165, 1.54) is 32.2 Å². The number of hydrogen-bond donors (Lipinski definition) is 5. The van der Waals surface area contributed by atoms with E-state index < -0.39 is 48.3 Å². The zero-order valence-corrected chi connectivity index (χ0v) is 17.9. The van der Waals surface area contributed by atoms with Gasteiger partial charge in [-0.05, 0) is 26.6 Å². The Labute approximate surface area is 170 Å². The molecule has 2 amide bonds. The number of rotatable bonds is 10. The zero-order chi connectivity index (χ0) is 22.1. The van der Waals surface area contributed by atoms with Gasteiger partial charge in [-0.15, -0.1) is 0 Å². The van der Waals surface area contributed by atoms with E-state index in [1.807, 2.05) is 13.8 Å². The smallest absolute Gasteiger partial charge is 0.327 e. The molecule has 1 fully saturated rings. The van der Waals surface area contributed by atoms with Gasteiger partial charge in [0.15, 0.2) is 0 Å². The van der Waals surface area contributed by atoms with Gasteiger partial charge in [0.25, 0.3) is 0 Å². The average Bonchev–Trinajstić information content (AvgIpc) is 2.58. The Morgan fingerprint density at radius 3 is 1.86 bits per heavy atom. The van der Waals surface area contributed by atoms with Gasteiger partial charge in [0.05, 0.1) is 12.5 Å². The Kier molecular flexibility index (Phi) is 17.5. The molecule has 1 heterocycles. The topological polar surface area (TPSA) is 154 Å². The monoisotopic (exact) mass is 423 g/mol. The van der Waals surface area contributed by atoms with Crippen molar-refractivity contribution in [1.29, 1.82) is 0 Å². The molecule has 0 aliphatic carbocycles. The summed E-state index contributed by atoms with van der Waals surface area (Å²) in [6.45, 7) is 7.39. The van der Waals surface area contributed by atoms with Gasteiger partial charge >= 0.3 is 11.9 Å². The van der Waals surface area contributed by atoms with Crippen molar-refractivity contribution in [3.63, 3.8) is 0 Å². The van der Waals surface area contributed by atoms with Gasteiger partial charge in [-0.2, -0.15) is 11.8 Å². The van der Waals surface area contributed by atoms with E-state index in [9.17, 15) is 19.2 Å². The lowest BCUT2D eigenvalue weighted by Crippen LogP contribution is -2.54. The maximum atomic E-state index is 11.9. The fourth-order valence-electron chi connectivity index (χ4n) is 1.66. The summed E-state index contributed by atoms with van der Waals surface area (Å²) >= 11 is 1.26. The molecule has 164 valence electrons. The first kappa shape index (κ1) is 28.4. The predicted molar refractivity (Wildman–Crippen MR) is 107 cm³/mol. The summed E-state index contributed by atoms with van der Waals surface area (Å²) in [6, 6.07) is -3.02. The number of carboxylic acids is 2. The number of carbonyl (C=O) groups is 4. The predicted octanol–water partition coefficient (Wildman–Crippen LogP) is -0.0809. The van der Waals surface area contributed by atoms with Crippen LogP contribution in [-0.2, 0) is 23.9 Å². The van der Waals surface area contributed by atoms with Gasteiger partial charge in [-0.25, -0.2) is 4.79 Å². The first-order valence-corrected chi connectivity index (χ1v) is 10.4. The summed E-state index contributed by atoms with van der Waals surface area (Å²) < 4.78 is 4.72. The number of thioether (sulfide) groups is 1. The minimum Gasteiger partial charge on any atom is -0.481 e. The average molecular weight is 424 g/mol. The van der Waals surface area contributed by atoms with Gasteiger partial charge in [0.1, 0.15) is 12.1 Å². The van der Waals surface area contributed by atoms with Crippen LogP contribution in [-0.4, -0.2) is 84.4 Å². The van der Waals surface area contributed by atoms with Crippen molar-refractivity contribution in [2.75, 3.05) is 32.3 Å². The second kappa shape index (κ2) is 17.3. The molecule has 0 spiro atoms. The Morgan fingerprint density at radius 2 is 1.54 bits per heavy atom. The first-order chi connectivity index (χ1) is 13.2. The Bertz CT molecular complexity index is 483. The minimum absolute atomic E-state index is 0.194. The lowest BCUT2D eigenvalue weighted by molar-refractivity contribution is -0.142. The molecule has 1 unspecified atom stereocenters. The zero-order valence-electron chi connectivity index (χ0n) is 17.1. The van der Waals surface area contributed by atoms with Gasteiger partial charge < -0.3 is 30.9 Å². The minimum atomic E-state index is -1.17. The molecule has 11 heteroatoms.